The van der Waals surface area contributed by atoms with E-state index < -0.39 is 10.7 Å². The fourth-order valence-corrected chi connectivity index (χ4v) is 2.28. The molecule has 1 aliphatic rings. The van der Waals surface area contributed by atoms with Crippen LogP contribution in [0, 0.1) is 21.8 Å². The van der Waals surface area contributed by atoms with Gasteiger partial charge in [-0.1, -0.05) is 6.07 Å². The van der Waals surface area contributed by atoms with Crippen molar-refractivity contribution in [3.63, 3.8) is 0 Å². The van der Waals surface area contributed by atoms with Crippen LogP contribution in [0.5, 0.6) is 0 Å². The average Bonchev–Trinajstić information content (AvgIpc) is 2.70. The molecule has 1 fully saturated rings. The van der Waals surface area contributed by atoms with Crippen molar-refractivity contribution in [2.45, 2.75) is 6.42 Å². The van der Waals surface area contributed by atoms with E-state index in [1.165, 1.54) is 12.1 Å². The van der Waals surface area contributed by atoms with E-state index in [0.29, 0.717) is 5.75 Å². The number of para-hydroxylation sites is 1. The predicted octanol–water partition coefficient (Wildman–Crippen LogP) is 2.02. The first-order valence-corrected chi connectivity index (χ1v) is 6.02. The molecule has 0 spiro atoms. The molecule has 5 nitrogen and oxygen atoms in total. The third kappa shape index (κ3) is 2.17. The van der Waals surface area contributed by atoms with E-state index in [-0.39, 0.29) is 36.2 Å². The number of anilines is 1. The normalized spacial score (nSPS) is 19.3. The lowest BCUT2D eigenvalue weighted by Gasteiger charge is -2.17. The average molecular weight is 270 g/mol. The van der Waals surface area contributed by atoms with Gasteiger partial charge in [0.2, 0.25) is 5.91 Å². The molecule has 0 aliphatic carbocycles. The number of amides is 1. The standard InChI is InChI=1S/C11H11FN2O3S/c12-8-2-1-3-9(14(16)17)11(8)13-5-7(6-18)4-10(13)15/h1-3,7,18H,4-6H2. The Kier molecular flexibility index (Phi) is 3.51. The molecule has 1 aromatic carbocycles. The third-order valence-corrected chi connectivity index (χ3v) is 3.41. The molecular formula is C11H11FN2O3S. The van der Waals surface area contributed by atoms with Crippen LogP contribution in [0.1, 0.15) is 6.42 Å². The summed E-state index contributed by atoms with van der Waals surface area (Å²) in [6.45, 7) is 0.268. The van der Waals surface area contributed by atoms with E-state index in [0.717, 1.165) is 11.0 Å². The quantitative estimate of drug-likeness (QED) is 0.519. The number of nitrogens with zero attached hydrogens (tertiary/aromatic N) is 2. The van der Waals surface area contributed by atoms with Crippen LogP contribution >= 0.6 is 12.6 Å². The third-order valence-electron chi connectivity index (χ3n) is 2.90. The number of carbonyl (C=O) groups excluding carboxylic acids is 1. The Labute approximate surface area is 108 Å². The summed E-state index contributed by atoms with van der Waals surface area (Å²) in [5.74, 6) is -0.565. The number of nitro groups is 1. The number of rotatable bonds is 3. The zero-order chi connectivity index (χ0) is 13.3. The smallest absolute Gasteiger partial charge is 0.296 e. The molecule has 1 amide bonds. The van der Waals surface area contributed by atoms with Gasteiger partial charge in [0, 0.05) is 19.0 Å². The Morgan fingerprint density at radius 3 is 2.83 bits per heavy atom. The minimum Gasteiger partial charge on any atom is -0.304 e. The summed E-state index contributed by atoms with van der Waals surface area (Å²) >= 11 is 4.10. The highest BCUT2D eigenvalue weighted by Crippen LogP contribution is 2.35. The van der Waals surface area contributed by atoms with Crippen LogP contribution in [0.4, 0.5) is 15.8 Å². The Morgan fingerprint density at radius 1 is 1.56 bits per heavy atom. The molecule has 1 heterocycles. The van der Waals surface area contributed by atoms with Gasteiger partial charge in [0.1, 0.15) is 0 Å². The molecule has 0 N–H and O–H groups in total. The van der Waals surface area contributed by atoms with Crippen molar-refractivity contribution in [2.75, 3.05) is 17.2 Å². The first kappa shape index (κ1) is 12.8. The molecule has 2 rings (SSSR count). The van der Waals surface area contributed by atoms with Crippen LogP contribution in [0.25, 0.3) is 0 Å². The molecule has 0 saturated carbocycles. The lowest BCUT2D eigenvalue weighted by molar-refractivity contribution is -0.384. The van der Waals surface area contributed by atoms with Gasteiger partial charge < -0.3 is 4.90 Å². The maximum Gasteiger partial charge on any atom is 0.296 e. The molecule has 96 valence electrons. The molecule has 1 aliphatic heterocycles. The highest BCUT2D eigenvalue weighted by molar-refractivity contribution is 7.80. The van der Waals surface area contributed by atoms with E-state index in [1.807, 2.05) is 0 Å². The summed E-state index contributed by atoms with van der Waals surface area (Å²) in [4.78, 5) is 23.1. The molecule has 0 radical (unpaired) electrons. The Hall–Kier alpha value is -1.63. The molecular weight excluding hydrogens is 259 g/mol. The maximum absolute atomic E-state index is 13.7. The van der Waals surface area contributed by atoms with Gasteiger partial charge in [0.25, 0.3) is 5.69 Å². The SMILES string of the molecule is O=C1CC(CS)CN1c1c(F)cccc1[N+](=O)[O-]. The fraction of sp³-hybridized carbons (Fsp3) is 0.364. The zero-order valence-corrected chi connectivity index (χ0v) is 10.3. The molecule has 0 bridgehead atoms. The van der Waals surface area contributed by atoms with E-state index in [4.69, 9.17) is 0 Å². The van der Waals surface area contributed by atoms with Crippen molar-refractivity contribution in [3.05, 3.63) is 34.1 Å². The Morgan fingerprint density at radius 2 is 2.28 bits per heavy atom. The van der Waals surface area contributed by atoms with Crippen molar-refractivity contribution >= 4 is 29.9 Å². The van der Waals surface area contributed by atoms with Crippen LogP contribution in [0.3, 0.4) is 0 Å². The number of nitro benzene ring substituents is 1. The summed E-state index contributed by atoms with van der Waals surface area (Å²) in [5, 5.41) is 10.9. The van der Waals surface area contributed by atoms with Crippen molar-refractivity contribution < 1.29 is 14.1 Å². The summed E-state index contributed by atoms with van der Waals surface area (Å²) in [7, 11) is 0. The van der Waals surface area contributed by atoms with Crippen LogP contribution in [0.2, 0.25) is 0 Å². The number of benzene rings is 1. The van der Waals surface area contributed by atoms with Gasteiger partial charge in [-0.3, -0.25) is 14.9 Å². The van der Waals surface area contributed by atoms with Gasteiger partial charge in [-0.2, -0.15) is 12.6 Å². The highest BCUT2D eigenvalue weighted by Gasteiger charge is 2.35. The van der Waals surface area contributed by atoms with Crippen LogP contribution in [0.15, 0.2) is 18.2 Å². The summed E-state index contributed by atoms with van der Waals surface area (Å²) in [5.41, 5.74) is -0.625. The molecule has 18 heavy (non-hydrogen) atoms. The Bertz CT molecular complexity index is 509. The Balaban J connectivity index is 2.45. The number of thiol groups is 1. The number of carbonyl (C=O) groups is 1. The van der Waals surface area contributed by atoms with Gasteiger partial charge in [0.05, 0.1) is 4.92 Å². The minimum atomic E-state index is -0.752. The van der Waals surface area contributed by atoms with E-state index in [1.54, 1.807) is 0 Å². The van der Waals surface area contributed by atoms with Crippen LogP contribution < -0.4 is 4.90 Å². The lowest BCUT2D eigenvalue weighted by Crippen LogP contribution is -2.26. The summed E-state index contributed by atoms with van der Waals surface area (Å²) in [6.07, 6.45) is 0.245. The van der Waals surface area contributed by atoms with Gasteiger partial charge in [-0.05, 0) is 17.7 Å². The minimum absolute atomic E-state index is 0.0000403. The molecule has 1 saturated heterocycles. The molecule has 1 atom stereocenters. The molecule has 7 heteroatoms. The maximum atomic E-state index is 13.7. The summed E-state index contributed by atoms with van der Waals surface area (Å²) in [6, 6.07) is 3.57. The predicted molar refractivity (Wildman–Crippen MR) is 67.4 cm³/mol. The van der Waals surface area contributed by atoms with Crippen molar-refractivity contribution in [1.82, 2.24) is 0 Å². The number of hydrogen-bond acceptors (Lipinski definition) is 4. The number of hydrogen-bond donors (Lipinski definition) is 1. The van der Waals surface area contributed by atoms with Crippen molar-refractivity contribution in [1.29, 1.82) is 0 Å². The fourth-order valence-electron chi connectivity index (χ4n) is 2.04. The zero-order valence-electron chi connectivity index (χ0n) is 9.38. The van der Waals surface area contributed by atoms with Gasteiger partial charge in [-0.25, -0.2) is 4.39 Å². The molecule has 0 aromatic heterocycles. The van der Waals surface area contributed by atoms with Crippen molar-refractivity contribution in [3.8, 4) is 0 Å². The van der Waals surface area contributed by atoms with Crippen LogP contribution in [-0.2, 0) is 4.79 Å². The van der Waals surface area contributed by atoms with Gasteiger partial charge in [-0.15, -0.1) is 0 Å². The largest absolute Gasteiger partial charge is 0.304 e. The second kappa shape index (κ2) is 4.93. The highest BCUT2D eigenvalue weighted by atomic mass is 32.1. The van der Waals surface area contributed by atoms with E-state index in [2.05, 4.69) is 12.6 Å². The molecule has 1 unspecified atom stereocenters. The molecule has 1 aromatic rings. The second-order valence-corrected chi connectivity index (χ2v) is 4.49. The van der Waals surface area contributed by atoms with E-state index >= 15 is 0 Å². The second-order valence-electron chi connectivity index (χ2n) is 4.12. The van der Waals surface area contributed by atoms with Gasteiger partial charge >= 0.3 is 0 Å². The topological polar surface area (TPSA) is 63.5 Å². The first-order chi connectivity index (χ1) is 8.54. The van der Waals surface area contributed by atoms with Crippen molar-refractivity contribution in [2.24, 2.45) is 5.92 Å². The van der Waals surface area contributed by atoms with Crippen LogP contribution in [-0.4, -0.2) is 23.1 Å². The van der Waals surface area contributed by atoms with E-state index in [9.17, 15) is 19.3 Å². The first-order valence-electron chi connectivity index (χ1n) is 5.38. The monoisotopic (exact) mass is 270 g/mol. The van der Waals surface area contributed by atoms with Gasteiger partial charge in [0.15, 0.2) is 11.5 Å². The lowest BCUT2D eigenvalue weighted by atomic mass is 10.1. The summed E-state index contributed by atoms with van der Waals surface area (Å²) < 4.78 is 13.7. The number of halogens is 1.